The molecule has 0 amide bonds. The van der Waals surface area contributed by atoms with Gasteiger partial charge in [-0.25, -0.2) is 8.42 Å². The molecule has 102 valence electrons. The first-order valence-corrected chi connectivity index (χ1v) is 7.87. The van der Waals surface area contributed by atoms with Gasteiger partial charge in [0.2, 0.25) is 0 Å². The fourth-order valence-electron chi connectivity index (χ4n) is 1.62. The summed E-state index contributed by atoms with van der Waals surface area (Å²) in [5, 5.41) is 0. The Bertz CT molecular complexity index is 695. The molecule has 0 radical (unpaired) electrons. The fourth-order valence-corrected chi connectivity index (χ4v) is 3.21. The number of hydrogen-bond acceptors (Lipinski definition) is 3. The van der Waals surface area contributed by atoms with E-state index in [1.807, 2.05) is 13.0 Å². The molecule has 5 nitrogen and oxygen atoms in total. The second kappa shape index (κ2) is 5.36. The SMILES string of the molecule is Cc1cccc(NS(=O)(=O)c2c[nH]c(CN)c2)c1Br. The van der Waals surface area contributed by atoms with Crippen LogP contribution in [0, 0.1) is 6.92 Å². The summed E-state index contributed by atoms with van der Waals surface area (Å²) < 4.78 is 27.7. The van der Waals surface area contributed by atoms with Gasteiger partial charge >= 0.3 is 0 Å². The van der Waals surface area contributed by atoms with Gasteiger partial charge in [-0.3, -0.25) is 4.72 Å². The summed E-state index contributed by atoms with van der Waals surface area (Å²) in [5.74, 6) is 0. The lowest BCUT2D eigenvalue weighted by Crippen LogP contribution is -2.12. The molecule has 4 N–H and O–H groups in total. The van der Waals surface area contributed by atoms with Gasteiger partial charge in [0.25, 0.3) is 10.0 Å². The molecule has 1 aromatic carbocycles. The Hall–Kier alpha value is -1.31. The first kappa shape index (κ1) is 14.1. The third-order valence-electron chi connectivity index (χ3n) is 2.68. The Morgan fingerprint density at radius 2 is 2.16 bits per heavy atom. The molecule has 1 heterocycles. The van der Waals surface area contributed by atoms with E-state index in [1.165, 1.54) is 12.3 Å². The van der Waals surface area contributed by atoms with Crippen LogP contribution in [0.3, 0.4) is 0 Å². The van der Waals surface area contributed by atoms with Crippen molar-refractivity contribution in [1.29, 1.82) is 0 Å². The Kier molecular flexibility index (Phi) is 3.98. The summed E-state index contributed by atoms with van der Waals surface area (Å²) in [5.41, 5.74) is 7.58. The summed E-state index contributed by atoms with van der Waals surface area (Å²) in [7, 11) is -3.61. The van der Waals surface area contributed by atoms with Crippen LogP contribution in [0.1, 0.15) is 11.3 Å². The molecule has 0 unspecified atom stereocenters. The number of aromatic amines is 1. The fraction of sp³-hybridized carbons (Fsp3) is 0.167. The lowest BCUT2D eigenvalue weighted by molar-refractivity contribution is 0.601. The highest BCUT2D eigenvalue weighted by Gasteiger charge is 2.17. The standard InChI is InChI=1S/C12H14BrN3O2S/c1-8-3-2-4-11(12(8)13)16-19(17,18)10-5-9(6-14)15-7-10/h2-5,7,15-16H,6,14H2,1H3. The third-order valence-corrected chi connectivity index (χ3v) is 5.08. The molecule has 0 bridgehead atoms. The minimum Gasteiger partial charge on any atom is -0.363 e. The van der Waals surface area contributed by atoms with Gasteiger partial charge in [-0.1, -0.05) is 12.1 Å². The van der Waals surface area contributed by atoms with E-state index in [-0.39, 0.29) is 11.4 Å². The molecule has 0 aliphatic carbocycles. The van der Waals surface area contributed by atoms with Crippen molar-refractivity contribution in [3.63, 3.8) is 0 Å². The predicted octanol–water partition coefficient (Wildman–Crippen LogP) is 2.35. The van der Waals surface area contributed by atoms with E-state index in [9.17, 15) is 8.42 Å². The highest BCUT2D eigenvalue weighted by atomic mass is 79.9. The average molecular weight is 344 g/mol. The second-order valence-electron chi connectivity index (χ2n) is 4.11. The van der Waals surface area contributed by atoms with E-state index in [4.69, 9.17) is 5.73 Å². The van der Waals surface area contributed by atoms with E-state index in [0.29, 0.717) is 11.4 Å². The number of nitrogens with two attached hydrogens (primary N) is 1. The Balaban J connectivity index is 2.33. The number of H-pyrrole nitrogens is 1. The van der Waals surface area contributed by atoms with E-state index < -0.39 is 10.0 Å². The van der Waals surface area contributed by atoms with Crippen molar-refractivity contribution in [2.75, 3.05) is 4.72 Å². The van der Waals surface area contributed by atoms with Gasteiger partial charge < -0.3 is 10.7 Å². The number of rotatable bonds is 4. The molecule has 2 aromatic rings. The summed E-state index contributed by atoms with van der Waals surface area (Å²) in [4.78, 5) is 2.99. The zero-order chi connectivity index (χ0) is 14.0. The molecule has 0 spiro atoms. The molecule has 0 saturated carbocycles. The van der Waals surface area contributed by atoms with E-state index >= 15 is 0 Å². The summed E-state index contributed by atoms with van der Waals surface area (Å²) in [6, 6.07) is 6.91. The molecule has 19 heavy (non-hydrogen) atoms. The molecule has 7 heteroatoms. The van der Waals surface area contributed by atoms with Crippen molar-refractivity contribution in [2.45, 2.75) is 18.4 Å². The number of hydrogen-bond donors (Lipinski definition) is 3. The summed E-state index contributed by atoms with van der Waals surface area (Å²) in [6.45, 7) is 2.16. The van der Waals surface area contributed by atoms with Crippen LogP contribution < -0.4 is 10.5 Å². The van der Waals surface area contributed by atoms with Gasteiger partial charge in [-0.2, -0.15) is 0 Å². The predicted molar refractivity (Wildman–Crippen MR) is 78.4 cm³/mol. The molecule has 0 aliphatic rings. The van der Waals surface area contributed by atoms with E-state index in [2.05, 4.69) is 25.6 Å². The molecule has 1 aromatic heterocycles. The maximum absolute atomic E-state index is 12.2. The van der Waals surface area contributed by atoms with Crippen molar-refractivity contribution < 1.29 is 8.42 Å². The quantitative estimate of drug-likeness (QED) is 0.796. The number of halogens is 1. The molecular formula is C12H14BrN3O2S. The van der Waals surface area contributed by atoms with Crippen LogP contribution in [0.5, 0.6) is 0 Å². The summed E-state index contributed by atoms with van der Waals surface area (Å²) in [6.07, 6.45) is 1.42. The highest BCUT2D eigenvalue weighted by molar-refractivity contribution is 9.10. The van der Waals surface area contributed by atoms with Gasteiger partial charge in [0.1, 0.15) is 4.90 Å². The Labute approximate surface area is 120 Å². The van der Waals surface area contributed by atoms with Crippen LogP contribution in [0.4, 0.5) is 5.69 Å². The first-order valence-electron chi connectivity index (χ1n) is 5.59. The first-order chi connectivity index (χ1) is 8.94. The van der Waals surface area contributed by atoms with Gasteiger partial charge in [0.15, 0.2) is 0 Å². The minimum atomic E-state index is -3.61. The number of aryl methyl sites for hydroxylation is 1. The monoisotopic (exact) mass is 343 g/mol. The maximum atomic E-state index is 12.2. The average Bonchev–Trinajstić information content (AvgIpc) is 2.84. The van der Waals surface area contributed by atoms with E-state index in [0.717, 1.165) is 10.0 Å². The van der Waals surface area contributed by atoms with Crippen molar-refractivity contribution in [1.82, 2.24) is 4.98 Å². The lowest BCUT2D eigenvalue weighted by Gasteiger charge is -2.09. The van der Waals surface area contributed by atoms with Crippen LogP contribution in [0.15, 0.2) is 39.8 Å². The number of nitrogens with one attached hydrogen (secondary N) is 2. The Morgan fingerprint density at radius 3 is 2.79 bits per heavy atom. The van der Waals surface area contributed by atoms with Crippen LogP contribution in [-0.2, 0) is 16.6 Å². The number of sulfonamides is 1. The molecule has 0 atom stereocenters. The Morgan fingerprint density at radius 1 is 1.42 bits per heavy atom. The number of anilines is 1. The molecular weight excluding hydrogens is 330 g/mol. The van der Waals surface area contributed by atoms with Crippen LogP contribution in [-0.4, -0.2) is 13.4 Å². The number of aromatic nitrogens is 1. The van der Waals surface area contributed by atoms with E-state index in [1.54, 1.807) is 12.1 Å². The molecule has 0 fully saturated rings. The molecule has 0 saturated heterocycles. The van der Waals surface area contributed by atoms with Gasteiger partial charge in [0, 0.05) is 22.9 Å². The van der Waals surface area contributed by atoms with Crippen LogP contribution in [0.25, 0.3) is 0 Å². The normalized spacial score (nSPS) is 11.5. The molecule has 0 aliphatic heterocycles. The molecule has 2 rings (SSSR count). The smallest absolute Gasteiger partial charge is 0.263 e. The zero-order valence-corrected chi connectivity index (χ0v) is 12.7. The summed E-state index contributed by atoms with van der Waals surface area (Å²) >= 11 is 3.37. The largest absolute Gasteiger partial charge is 0.363 e. The van der Waals surface area contributed by atoms with Crippen molar-refractivity contribution in [3.05, 3.63) is 46.2 Å². The third kappa shape index (κ3) is 2.99. The topological polar surface area (TPSA) is 88.0 Å². The van der Waals surface area contributed by atoms with Crippen LogP contribution in [0.2, 0.25) is 0 Å². The van der Waals surface area contributed by atoms with Gasteiger partial charge in [-0.05, 0) is 40.5 Å². The lowest BCUT2D eigenvalue weighted by atomic mass is 10.2. The van der Waals surface area contributed by atoms with Crippen molar-refractivity contribution in [3.8, 4) is 0 Å². The maximum Gasteiger partial charge on any atom is 0.263 e. The highest BCUT2D eigenvalue weighted by Crippen LogP contribution is 2.28. The van der Waals surface area contributed by atoms with Crippen molar-refractivity contribution >= 4 is 31.6 Å². The zero-order valence-electron chi connectivity index (χ0n) is 10.3. The van der Waals surface area contributed by atoms with Crippen LogP contribution >= 0.6 is 15.9 Å². The number of benzene rings is 1. The van der Waals surface area contributed by atoms with Crippen molar-refractivity contribution in [2.24, 2.45) is 5.73 Å². The minimum absolute atomic E-state index is 0.168. The second-order valence-corrected chi connectivity index (χ2v) is 6.58. The van der Waals surface area contributed by atoms with Gasteiger partial charge in [-0.15, -0.1) is 0 Å². The van der Waals surface area contributed by atoms with Gasteiger partial charge in [0.05, 0.1) is 5.69 Å².